The number of amides is 3. The summed E-state index contributed by atoms with van der Waals surface area (Å²) >= 11 is 0. The first-order valence-corrected chi connectivity index (χ1v) is 6.67. The lowest BCUT2D eigenvalue weighted by molar-refractivity contribution is -0.148. The normalized spacial score (nSPS) is 18.4. The molecule has 0 aromatic carbocycles. The van der Waals surface area contributed by atoms with Crippen LogP contribution in [-0.4, -0.2) is 63.5 Å². The largest absolute Gasteiger partial charge is 0.480 e. The average Bonchev–Trinajstić information content (AvgIpc) is 2.32. The van der Waals surface area contributed by atoms with E-state index in [-0.39, 0.29) is 12.5 Å². The van der Waals surface area contributed by atoms with Crippen molar-refractivity contribution in [3.8, 4) is 0 Å². The van der Waals surface area contributed by atoms with Crippen LogP contribution in [0, 0.1) is 0 Å². The third kappa shape index (κ3) is 2.57. The summed E-state index contributed by atoms with van der Waals surface area (Å²) in [4.78, 5) is 38.6. The number of carboxylic acid groups (broad SMARTS) is 1. The fourth-order valence-corrected chi connectivity index (χ4v) is 2.27. The number of carboxylic acids is 1. The minimum Gasteiger partial charge on any atom is -0.480 e. The fraction of sp³-hybridized carbons (Fsp3) is 0.769. The van der Waals surface area contributed by atoms with E-state index in [1.54, 1.807) is 20.8 Å². The Bertz CT molecular complexity index is 419. The molecule has 3 amide bonds. The molecule has 7 heteroatoms. The summed E-state index contributed by atoms with van der Waals surface area (Å²) in [7, 11) is 0. The first-order chi connectivity index (χ1) is 9.06. The monoisotopic (exact) mass is 285 g/mol. The molecule has 1 fully saturated rings. The second-order valence-corrected chi connectivity index (χ2v) is 5.86. The summed E-state index contributed by atoms with van der Waals surface area (Å²) in [6, 6.07) is -0.431. The molecular formula is C13H23N3O4. The molecule has 7 nitrogen and oxygen atoms in total. The molecule has 20 heavy (non-hydrogen) atoms. The lowest BCUT2D eigenvalue weighted by atomic mass is 9.98. The molecule has 0 aliphatic carbocycles. The molecule has 0 aromatic heterocycles. The van der Waals surface area contributed by atoms with Gasteiger partial charge in [0.2, 0.25) is 5.91 Å². The van der Waals surface area contributed by atoms with Crippen LogP contribution < -0.4 is 5.32 Å². The third-order valence-electron chi connectivity index (χ3n) is 3.83. The second kappa shape index (κ2) is 5.30. The van der Waals surface area contributed by atoms with E-state index >= 15 is 0 Å². The van der Waals surface area contributed by atoms with E-state index in [0.717, 1.165) is 0 Å². The van der Waals surface area contributed by atoms with Gasteiger partial charge in [0.15, 0.2) is 0 Å². The number of likely N-dealkylation sites (N-methyl/N-ethyl adjacent to an activating group) is 1. The van der Waals surface area contributed by atoms with E-state index in [4.69, 9.17) is 0 Å². The third-order valence-corrected chi connectivity index (χ3v) is 3.83. The maximum atomic E-state index is 12.7. The Morgan fingerprint density at radius 2 is 2.00 bits per heavy atom. The van der Waals surface area contributed by atoms with Crippen molar-refractivity contribution in [2.75, 3.05) is 19.6 Å². The minimum absolute atomic E-state index is 0.235. The number of piperazine rings is 1. The second-order valence-electron chi connectivity index (χ2n) is 5.86. The smallest absolute Gasteiger partial charge is 0.329 e. The van der Waals surface area contributed by atoms with E-state index in [1.807, 2.05) is 0 Å². The van der Waals surface area contributed by atoms with Crippen LogP contribution in [0.2, 0.25) is 0 Å². The molecule has 1 aliphatic heterocycles. The zero-order chi connectivity index (χ0) is 15.7. The van der Waals surface area contributed by atoms with Crippen LogP contribution in [-0.2, 0) is 9.59 Å². The topological polar surface area (TPSA) is 90.0 Å². The standard InChI is InChI=1S/C13H23N3O4/c1-6-15(13(4,5)10(18)19)11(20)16-8-7-14-9(17)12(16,2)3/h6-8H2,1-5H3,(H,14,17)(H,18,19). The van der Waals surface area contributed by atoms with Crippen molar-refractivity contribution in [2.45, 2.75) is 45.7 Å². The predicted molar refractivity (Wildman–Crippen MR) is 73.3 cm³/mol. The van der Waals surface area contributed by atoms with Gasteiger partial charge in [-0.1, -0.05) is 0 Å². The summed E-state index contributed by atoms with van der Waals surface area (Å²) in [5.74, 6) is -1.31. The highest BCUT2D eigenvalue weighted by atomic mass is 16.4. The lowest BCUT2D eigenvalue weighted by Crippen LogP contribution is -2.68. The van der Waals surface area contributed by atoms with Crippen molar-refractivity contribution >= 4 is 17.9 Å². The molecule has 114 valence electrons. The molecule has 1 aliphatic rings. The van der Waals surface area contributed by atoms with E-state index in [0.29, 0.717) is 13.1 Å². The molecule has 0 aromatic rings. The summed E-state index contributed by atoms with van der Waals surface area (Å²) in [6.07, 6.45) is 0. The summed E-state index contributed by atoms with van der Waals surface area (Å²) < 4.78 is 0. The number of carbonyl (C=O) groups is 3. The number of hydrogen-bond donors (Lipinski definition) is 2. The SMILES string of the molecule is CCN(C(=O)N1CCNC(=O)C1(C)C)C(C)(C)C(=O)O. The van der Waals surface area contributed by atoms with Gasteiger partial charge in [-0.3, -0.25) is 4.79 Å². The van der Waals surface area contributed by atoms with E-state index in [9.17, 15) is 19.5 Å². The molecule has 0 spiro atoms. The van der Waals surface area contributed by atoms with Gasteiger partial charge in [-0.05, 0) is 34.6 Å². The van der Waals surface area contributed by atoms with Crippen molar-refractivity contribution in [1.29, 1.82) is 0 Å². The van der Waals surface area contributed by atoms with E-state index in [1.165, 1.54) is 23.6 Å². The highest BCUT2D eigenvalue weighted by Gasteiger charge is 2.46. The Hall–Kier alpha value is -1.79. The quantitative estimate of drug-likeness (QED) is 0.790. The van der Waals surface area contributed by atoms with E-state index in [2.05, 4.69) is 5.32 Å². The van der Waals surface area contributed by atoms with Gasteiger partial charge < -0.3 is 20.2 Å². The highest BCUT2D eigenvalue weighted by Crippen LogP contribution is 2.23. The zero-order valence-corrected chi connectivity index (χ0v) is 12.7. The number of carbonyl (C=O) groups excluding carboxylic acids is 2. The number of nitrogens with one attached hydrogen (secondary N) is 1. The van der Waals surface area contributed by atoms with E-state index < -0.39 is 23.1 Å². The average molecular weight is 285 g/mol. The molecule has 0 atom stereocenters. The Kier molecular flexibility index (Phi) is 4.31. The molecule has 1 rings (SSSR count). The van der Waals surface area contributed by atoms with Gasteiger partial charge in [-0.15, -0.1) is 0 Å². The highest BCUT2D eigenvalue weighted by molar-refractivity contribution is 5.93. The molecule has 0 radical (unpaired) electrons. The van der Waals surface area contributed by atoms with Crippen molar-refractivity contribution in [3.63, 3.8) is 0 Å². The van der Waals surface area contributed by atoms with Crippen LogP contribution in [0.5, 0.6) is 0 Å². The number of hydrogen-bond acceptors (Lipinski definition) is 3. The summed E-state index contributed by atoms with van der Waals surface area (Å²) in [5.41, 5.74) is -2.31. The number of rotatable bonds is 3. The Labute approximate surface area is 118 Å². The molecule has 1 heterocycles. The van der Waals surface area contributed by atoms with Crippen LogP contribution in [0.25, 0.3) is 0 Å². The van der Waals surface area contributed by atoms with Gasteiger partial charge in [-0.25, -0.2) is 9.59 Å². The van der Waals surface area contributed by atoms with Crippen LogP contribution in [0.1, 0.15) is 34.6 Å². The van der Waals surface area contributed by atoms with Crippen LogP contribution >= 0.6 is 0 Å². The summed E-state index contributed by atoms with van der Waals surface area (Å²) in [5, 5.41) is 12.0. The minimum atomic E-state index is -1.32. The zero-order valence-electron chi connectivity index (χ0n) is 12.7. The fourth-order valence-electron chi connectivity index (χ4n) is 2.27. The Morgan fingerprint density at radius 1 is 1.45 bits per heavy atom. The Morgan fingerprint density at radius 3 is 2.45 bits per heavy atom. The Balaban J connectivity index is 3.08. The predicted octanol–water partition coefficient (Wildman–Crippen LogP) is 0.502. The number of urea groups is 1. The van der Waals surface area contributed by atoms with Gasteiger partial charge in [-0.2, -0.15) is 0 Å². The van der Waals surface area contributed by atoms with Gasteiger partial charge >= 0.3 is 12.0 Å². The van der Waals surface area contributed by atoms with Gasteiger partial charge in [0, 0.05) is 19.6 Å². The maximum Gasteiger partial charge on any atom is 0.329 e. The van der Waals surface area contributed by atoms with Crippen molar-refractivity contribution in [3.05, 3.63) is 0 Å². The molecule has 0 saturated carbocycles. The van der Waals surface area contributed by atoms with Crippen molar-refractivity contribution in [1.82, 2.24) is 15.1 Å². The molecule has 0 unspecified atom stereocenters. The van der Waals surface area contributed by atoms with Crippen molar-refractivity contribution < 1.29 is 19.5 Å². The number of aliphatic carboxylic acids is 1. The molecular weight excluding hydrogens is 262 g/mol. The van der Waals surface area contributed by atoms with Crippen LogP contribution in [0.3, 0.4) is 0 Å². The first kappa shape index (κ1) is 16.3. The number of nitrogens with zero attached hydrogens (tertiary/aromatic N) is 2. The maximum absolute atomic E-state index is 12.7. The lowest BCUT2D eigenvalue weighted by Gasteiger charge is -2.45. The molecule has 1 saturated heterocycles. The van der Waals surface area contributed by atoms with Gasteiger partial charge in [0.1, 0.15) is 11.1 Å². The van der Waals surface area contributed by atoms with Gasteiger partial charge in [0.25, 0.3) is 0 Å². The summed E-state index contributed by atoms with van der Waals surface area (Å²) in [6.45, 7) is 8.98. The van der Waals surface area contributed by atoms with Gasteiger partial charge in [0.05, 0.1) is 0 Å². The molecule has 0 bridgehead atoms. The first-order valence-electron chi connectivity index (χ1n) is 6.67. The van der Waals surface area contributed by atoms with Crippen LogP contribution in [0.15, 0.2) is 0 Å². The van der Waals surface area contributed by atoms with Crippen molar-refractivity contribution in [2.24, 2.45) is 0 Å². The molecule has 2 N–H and O–H groups in total. The van der Waals surface area contributed by atoms with Crippen LogP contribution in [0.4, 0.5) is 4.79 Å².